The highest BCUT2D eigenvalue weighted by molar-refractivity contribution is 8.32. The highest BCUT2D eigenvalue weighted by atomic mass is 32.2. The molecule has 2 heterocycles. The van der Waals surface area contributed by atoms with Crippen LogP contribution in [0.15, 0.2) is 92.4 Å². The molecule has 0 N–H and O–H groups in total. The van der Waals surface area contributed by atoms with Gasteiger partial charge in [0, 0.05) is 14.7 Å². The zero-order valence-corrected chi connectivity index (χ0v) is 16.2. The summed E-state index contributed by atoms with van der Waals surface area (Å²) in [4.78, 5) is 4.68. The Hall–Kier alpha value is -1.40. The summed E-state index contributed by atoms with van der Waals surface area (Å²) < 4.78 is 15.0. The zero-order valence-electron chi connectivity index (χ0n) is 13.0. The average molecular weight is 397 g/mol. The minimum absolute atomic E-state index is 0.929. The lowest BCUT2D eigenvalue weighted by atomic mass is 10.3. The second-order valence-corrected chi connectivity index (χ2v) is 10.7. The largest absolute Gasteiger partial charge is 0.248 e. The highest BCUT2D eigenvalue weighted by Gasteiger charge is 2.24. The van der Waals surface area contributed by atoms with Crippen LogP contribution in [-0.4, -0.2) is 4.21 Å². The van der Waals surface area contributed by atoms with E-state index in [1.807, 2.05) is 47.8 Å². The average Bonchev–Trinajstić information content (AvgIpc) is 3.24. The molecule has 0 saturated carbocycles. The summed E-state index contributed by atoms with van der Waals surface area (Å²) in [6.45, 7) is 0. The standard InChI is InChI=1S/C20H12OS4/c21-25-18-8-4-3-7-17(18)24-20(25)14-11-9-13(10-12-14)19-22-15-5-1-2-6-16(15)23-19/h1-12H. The van der Waals surface area contributed by atoms with Gasteiger partial charge in [-0.05, 0) is 34.7 Å². The van der Waals surface area contributed by atoms with Crippen molar-refractivity contribution in [2.24, 2.45) is 0 Å². The molecule has 1 atom stereocenters. The van der Waals surface area contributed by atoms with E-state index >= 15 is 0 Å². The van der Waals surface area contributed by atoms with Crippen molar-refractivity contribution >= 4 is 54.6 Å². The molecule has 0 radical (unpaired) electrons. The number of thioether (sulfide) groups is 3. The third-order valence-electron chi connectivity index (χ3n) is 4.03. The fourth-order valence-electron chi connectivity index (χ4n) is 2.79. The Morgan fingerprint density at radius 1 is 0.600 bits per heavy atom. The maximum Gasteiger partial charge on any atom is 0.0935 e. The Balaban J connectivity index is 1.56. The second-order valence-electron chi connectivity index (χ2n) is 5.62. The van der Waals surface area contributed by atoms with E-state index in [2.05, 4.69) is 48.5 Å². The number of fused-ring (bicyclic) bond motifs is 2. The Kier molecular flexibility index (Phi) is 4.05. The highest BCUT2D eigenvalue weighted by Crippen LogP contribution is 2.51. The first-order chi connectivity index (χ1) is 12.3. The van der Waals surface area contributed by atoms with Gasteiger partial charge in [0.05, 0.1) is 24.2 Å². The summed E-state index contributed by atoms with van der Waals surface area (Å²) in [5.41, 5.74) is 0. The first-order valence-corrected chi connectivity index (χ1v) is 11.4. The minimum atomic E-state index is -1.07. The van der Waals surface area contributed by atoms with Crippen LogP contribution >= 0.6 is 35.3 Å². The predicted molar refractivity (Wildman–Crippen MR) is 109 cm³/mol. The number of hydrogen-bond acceptors (Lipinski definition) is 4. The molecule has 0 aromatic heterocycles. The molecule has 1 nitrogen and oxygen atoms in total. The normalized spacial score (nSPS) is 18.3. The summed E-state index contributed by atoms with van der Waals surface area (Å²) in [5.74, 6) is 0. The summed E-state index contributed by atoms with van der Waals surface area (Å²) >= 11 is 5.28. The van der Waals surface area contributed by atoms with Gasteiger partial charge in [0.15, 0.2) is 0 Å². The van der Waals surface area contributed by atoms with E-state index in [4.69, 9.17) is 0 Å². The van der Waals surface area contributed by atoms with Crippen molar-refractivity contribution in [1.82, 2.24) is 0 Å². The fraction of sp³-hybridized carbons (Fsp3) is 0. The number of benzene rings is 3. The van der Waals surface area contributed by atoms with Crippen molar-refractivity contribution < 1.29 is 4.21 Å². The lowest BCUT2D eigenvalue weighted by Gasteiger charge is -1.97. The molecule has 0 aliphatic carbocycles. The van der Waals surface area contributed by atoms with E-state index in [0.717, 1.165) is 19.2 Å². The van der Waals surface area contributed by atoms with Crippen molar-refractivity contribution in [3.63, 3.8) is 0 Å². The van der Waals surface area contributed by atoms with E-state index in [1.165, 1.54) is 19.2 Å². The van der Waals surface area contributed by atoms with Gasteiger partial charge in [0.1, 0.15) is 0 Å². The fourth-order valence-corrected chi connectivity index (χ4v) is 8.25. The molecule has 0 spiro atoms. The molecule has 122 valence electrons. The third-order valence-corrected chi connectivity index (χ3v) is 9.81. The van der Waals surface area contributed by atoms with Crippen LogP contribution < -0.4 is 10.4 Å². The van der Waals surface area contributed by atoms with Crippen LogP contribution in [0.2, 0.25) is 0 Å². The topological polar surface area (TPSA) is 17.1 Å². The van der Waals surface area contributed by atoms with Gasteiger partial charge < -0.3 is 0 Å². The van der Waals surface area contributed by atoms with Gasteiger partial charge in [0.2, 0.25) is 0 Å². The maximum absolute atomic E-state index is 12.7. The molecule has 3 aromatic rings. The van der Waals surface area contributed by atoms with Crippen molar-refractivity contribution in [2.75, 3.05) is 0 Å². The molecule has 25 heavy (non-hydrogen) atoms. The molecule has 2 aliphatic heterocycles. The van der Waals surface area contributed by atoms with E-state index in [1.54, 1.807) is 11.8 Å². The van der Waals surface area contributed by atoms with Gasteiger partial charge >= 0.3 is 0 Å². The summed E-state index contributed by atoms with van der Waals surface area (Å²) in [7, 11) is -1.07. The van der Waals surface area contributed by atoms with E-state index in [0.29, 0.717) is 0 Å². The lowest BCUT2D eigenvalue weighted by Crippen LogP contribution is -2.11. The van der Waals surface area contributed by atoms with Crippen molar-refractivity contribution in [2.45, 2.75) is 19.6 Å². The number of hydrogen-bond donors (Lipinski definition) is 0. The third kappa shape index (κ3) is 2.79. The van der Waals surface area contributed by atoms with Gasteiger partial charge in [-0.2, -0.15) is 0 Å². The van der Waals surface area contributed by atoms with Crippen LogP contribution in [0.1, 0.15) is 0 Å². The first kappa shape index (κ1) is 15.8. The molecule has 3 aromatic carbocycles. The first-order valence-electron chi connectivity index (χ1n) is 7.78. The van der Waals surface area contributed by atoms with Crippen LogP contribution in [0.25, 0.3) is 8.47 Å². The summed E-state index contributed by atoms with van der Waals surface area (Å²) in [6, 6.07) is 24.9. The summed E-state index contributed by atoms with van der Waals surface area (Å²) in [6.07, 6.45) is 0. The van der Waals surface area contributed by atoms with Crippen LogP contribution in [0, 0.1) is 0 Å². The number of rotatable bonds is 0. The van der Waals surface area contributed by atoms with Crippen LogP contribution in [0.3, 0.4) is 0 Å². The van der Waals surface area contributed by atoms with Gasteiger partial charge in [-0.15, -0.1) is 0 Å². The van der Waals surface area contributed by atoms with Gasteiger partial charge in [-0.3, -0.25) is 0 Å². The Morgan fingerprint density at radius 2 is 1.16 bits per heavy atom. The molecule has 5 rings (SSSR count). The monoisotopic (exact) mass is 396 g/mol. The molecular weight excluding hydrogens is 384 g/mol. The Bertz CT molecular complexity index is 1100. The van der Waals surface area contributed by atoms with Gasteiger partial charge in [-0.1, -0.05) is 83.8 Å². The quantitative estimate of drug-likeness (QED) is 0.551. The Morgan fingerprint density at radius 3 is 1.80 bits per heavy atom. The van der Waals surface area contributed by atoms with Crippen LogP contribution in [0.5, 0.6) is 0 Å². The van der Waals surface area contributed by atoms with Crippen LogP contribution in [0.4, 0.5) is 0 Å². The molecular formula is C20H12OS4. The van der Waals surface area contributed by atoms with Crippen LogP contribution in [-0.2, 0) is 10.8 Å². The van der Waals surface area contributed by atoms with Crippen molar-refractivity contribution in [3.8, 4) is 0 Å². The SMILES string of the molecule is O=S1C(=c2ccc(=C3Sc4ccccc4S3)cc2)Sc2ccccc21. The van der Waals surface area contributed by atoms with Crippen molar-refractivity contribution in [1.29, 1.82) is 0 Å². The molecule has 0 bridgehead atoms. The maximum atomic E-state index is 12.7. The van der Waals surface area contributed by atoms with E-state index in [-0.39, 0.29) is 0 Å². The molecule has 0 amide bonds. The molecule has 1 unspecified atom stereocenters. The Labute approximate surface area is 161 Å². The van der Waals surface area contributed by atoms with E-state index < -0.39 is 10.8 Å². The van der Waals surface area contributed by atoms with E-state index in [9.17, 15) is 4.21 Å². The zero-order chi connectivity index (χ0) is 16.8. The van der Waals surface area contributed by atoms with Gasteiger partial charge in [0.25, 0.3) is 0 Å². The molecule has 2 aliphatic rings. The molecule has 0 saturated heterocycles. The van der Waals surface area contributed by atoms with Crippen molar-refractivity contribution in [3.05, 3.63) is 83.2 Å². The lowest BCUT2D eigenvalue weighted by molar-refractivity contribution is 0.688. The molecule has 5 heteroatoms. The summed E-state index contributed by atoms with van der Waals surface area (Å²) in [5, 5.41) is 2.27. The minimum Gasteiger partial charge on any atom is -0.248 e. The second kappa shape index (κ2) is 6.40. The van der Waals surface area contributed by atoms with Gasteiger partial charge in [-0.25, -0.2) is 4.21 Å². The predicted octanol–water partition coefficient (Wildman–Crippen LogP) is 4.63. The molecule has 0 fully saturated rings. The smallest absolute Gasteiger partial charge is 0.0935 e.